The molecular formula is C16H19IN2O3S. The monoisotopic (exact) mass is 446 g/mol. The summed E-state index contributed by atoms with van der Waals surface area (Å²) >= 11 is 3.76. The molecule has 23 heavy (non-hydrogen) atoms. The van der Waals surface area contributed by atoms with E-state index in [0.717, 1.165) is 20.7 Å². The molecule has 0 spiro atoms. The molecule has 1 heterocycles. The van der Waals surface area contributed by atoms with Crippen molar-refractivity contribution >= 4 is 39.8 Å². The predicted molar refractivity (Wildman–Crippen MR) is 99.6 cm³/mol. The van der Waals surface area contributed by atoms with Crippen LogP contribution in [0.25, 0.3) is 0 Å². The number of aromatic nitrogens is 1. The molecular weight excluding hydrogens is 427 g/mol. The standard InChI is InChI=1S/C16H19IN2O3S/c1-5-15-18-10(9-23-15)8-19(2)16(20)11-6-13(21-3)14(22-4)7-12(11)17/h6-7,9H,5,8H2,1-4H3. The van der Waals surface area contributed by atoms with E-state index in [1.807, 2.05) is 5.38 Å². The molecule has 1 amide bonds. The third-order valence-electron chi connectivity index (χ3n) is 3.35. The van der Waals surface area contributed by atoms with Crippen molar-refractivity contribution in [2.75, 3.05) is 21.3 Å². The predicted octanol–water partition coefficient (Wildman–Crippen LogP) is 3.60. The van der Waals surface area contributed by atoms with Crippen molar-refractivity contribution in [2.45, 2.75) is 19.9 Å². The van der Waals surface area contributed by atoms with E-state index in [2.05, 4.69) is 34.5 Å². The van der Waals surface area contributed by atoms with Gasteiger partial charge in [-0.05, 0) is 41.1 Å². The average molecular weight is 446 g/mol. The van der Waals surface area contributed by atoms with Crippen molar-refractivity contribution in [1.82, 2.24) is 9.88 Å². The summed E-state index contributed by atoms with van der Waals surface area (Å²) in [6, 6.07) is 3.52. The van der Waals surface area contributed by atoms with Gasteiger partial charge in [-0.2, -0.15) is 0 Å². The number of thiazole rings is 1. The van der Waals surface area contributed by atoms with Crippen LogP contribution in [0.15, 0.2) is 17.5 Å². The second-order valence-corrected chi connectivity index (χ2v) is 7.04. The summed E-state index contributed by atoms with van der Waals surface area (Å²) < 4.78 is 11.4. The number of methoxy groups -OCH3 is 2. The van der Waals surface area contributed by atoms with E-state index in [4.69, 9.17) is 9.47 Å². The highest BCUT2D eigenvalue weighted by atomic mass is 127. The van der Waals surface area contributed by atoms with E-state index in [0.29, 0.717) is 23.6 Å². The first kappa shape index (κ1) is 18.0. The van der Waals surface area contributed by atoms with E-state index < -0.39 is 0 Å². The Morgan fingerprint density at radius 3 is 2.52 bits per heavy atom. The molecule has 124 valence electrons. The zero-order valence-electron chi connectivity index (χ0n) is 13.6. The van der Waals surface area contributed by atoms with E-state index in [1.54, 1.807) is 49.6 Å². The van der Waals surface area contributed by atoms with Gasteiger partial charge in [-0.3, -0.25) is 4.79 Å². The number of rotatable bonds is 6. The number of amides is 1. The van der Waals surface area contributed by atoms with Gasteiger partial charge in [0.15, 0.2) is 11.5 Å². The molecule has 0 aliphatic heterocycles. The minimum Gasteiger partial charge on any atom is -0.493 e. The van der Waals surface area contributed by atoms with Crippen LogP contribution in [0.1, 0.15) is 28.0 Å². The molecule has 0 aliphatic carbocycles. The molecule has 2 rings (SSSR count). The summed E-state index contributed by atoms with van der Waals surface area (Å²) in [6.07, 6.45) is 0.913. The molecule has 0 unspecified atom stereocenters. The van der Waals surface area contributed by atoms with Crippen molar-refractivity contribution in [3.05, 3.63) is 37.3 Å². The Morgan fingerprint density at radius 2 is 1.96 bits per heavy atom. The SMILES string of the molecule is CCc1nc(CN(C)C(=O)c2cc(OC)c(OC)cc2I)cs1. The molecule has 5 nitrogen and oxygen atoms in total. The van der Waals surface area contributed by atoms with Crippen molar-refractivity contribution in [1.29, 1.82) is 0 Å². The third kappa shape index (κ3) is 4.14. The summed E-state index contributed by atoms with van der Waals surface area (Å²) in [6.45, 7) is 2.56. The molecule has 0 saturated heterocycles. The summed E-state index contributed by atoms with van der Waals surface area (Å²) in [5.41, 5.74) is 1.51. The van der Waals surface area contributed by atoms with Gasteiger partial charge in [0.1, 0.15) is 0 Å². The van der Waals surface area contributed by atoms with Gasteiger partial charge < -0.3 is 14.4 Å². The van der Waals surface area contributed by atoms with Gasteiger partial charge >= 0.3 is 0 Å². The first-order valence-corrected chi connectivity index (χ1v) is 9.06. The van der Waals surface area contributed by atoms with Gasteiger partial charge in [-0.1, -0.05) is 6.92 Å². The number of halogens is 1. The Kier molecular flexibility index (Phi) is 6.23. The number of carbonyl (C=O) groups is 1. The topological polar surface area (TPSA) is 51.7 Å². The number of carbonyl (C=O) groups excluding carboxylic acids is 1. The second-order valence-electron chi connectivity index (χ2n) is 4.93. The van der Waals surface area contributed by atoms with Crippen LogP contribution in [-0.2, 0) is 13.0 Å². The number of ether oxygens (including phenoxy) is 2. The van der Waals surface area contributed by atoms with Crippen LogP contribution in [-0.4, -0.2) is 37.1 Å². The summed E-state index contributed by atoms with van der Waals surface area (Å²) in [7, 11) is 4.92. The summed E-state index contributed by atoms with van der Waals surface area (Å²) in [5, 5.41) is 3.09. The maximum Gasteiger partial charge on any atom is 0.255 e. The molecule has 1 aromatic heterocycles. The maximum atomic E-state index is 12.7. The molecule has 0 bridgehead atoms. The van der Waals surface area contributed by atoms with Crippen molar-refractivity contribution < 1.29 is 14.3 Å². The number of nitrogens with zero attached hydrogens (tertiary/aromatic N) is 2. The van der Waals surface area contributed by atoms with Gasteiger partial charge in [0.05, 0.1) is 37.0 Å². The minimum absolute atomic E-state index is 0.0681. The lowest BCUT2D eigenvalue weighted by Gasteiger charge is -2.18. The van der Waals surface area contributed by atoms with Crippen LogP contribution in [0.2, 0.25) is 0 Å². The Balaban J connectivity index is 2.21. The second kappa shape index (κ2) is 7.96. The fraction of sp³-hybridized carbons (Fsp3) is 0.375. The molecule has 2 aromatic rings. The molecule has 1 aromatic carbocycles. The van der Waals surface area contributed by atoms with Gasteiger partial charge in [-0.15, -0.1) is 11.3 Å². The average Bonchev–Trinajstić information content (AvgIpc) is 3.01. The first-order valence-electron chi connectivity index (χ1n) is 7.10. The van der Waals surface area contributed by atoms with Crippen LogP contribution >= 0.6 is 33.9 Å². The van der Waals surface area contributed by atoms with Gasteiger partial charge in [0, 0.05) is 16.0 Å². The largest absolute Gasteiger partial charge is 0.493 e. The zero-order valence-corrected chi connectivity index (χ0v) is 16.5. The van der Waals surface area contributed by atoms with Crippen LogP contribution < -0.4 is 9.47 Å². The smallest absolute Gasteiger partial charge is 0.255 e. The van der Waals surface area contributed by atoms with E-state index in [9.17, 15) is 4.79 Å². The van der Waals surface area contributed by atoms with E-state index >= 15 is 0 Å². The normalized spacial score (nSPS) is 10.5. The first-order chi connectivity index (χ1) is 11.0. The van der Waals surface area contributed by atoms with Crippen molar-refractivity contribution in [3.63, 3.8) is 0 Å². The van der Waals surface area contributed by atoms with E-state index in [1.165, 1.54) is 0 Å². The minimum atomic E-state index is -0.0681. The molecule has 0 saturated carbocycles. The lowest BCUT2D eigenvalue weighted by Crippen LogP contribution is -2.27. The Hall–Kier alpha value is -1.35. The highest BCUT2D eigenvalue weighted by Gasteiger charge is 2.19. The van der Waals surface area contributed by atoms with Crippen LogP contribution in [0.5, 0.6) is 11.5 Å². The quantitative estimate of drug-likeness (QED) is 0.637. The van der Waals surface area contributed by atoms with Gasteiger partial charge in [0.25, 0.3) is 5.91 Å². The van der Waals surface area contributed by atoms with E-state index in [-0.39, 0.29) is 5.91 Å². The van der Waals surface area contributed by atoms with Crippen molar-refractivity contribution in [3.8, 4) is 11.5 Å². The molecule has 0 atom stereocenters. The lowest BCUT2D eigenvalue weighted by molar-refractivity contribution is 0.0782. The fourth-order valence-electron chi connectivity index (χ4n) is 2.12. The third-order valence-corrected chi connectivity index (χ3v) is 5.29. The molecule has 0 fully saturated rings. The Labute approximate surface area is 153 Å². The maximum absolute atomic E-state index is 12.7. The fourth-order valence-corrected chi connectivity index (χ4v) is 3.53. The summed E-state index contributed by atoms with van der Waals surface area (Å²) in [5.74, 6) is 1.09. The number of hydrogen-bond donors (Lipinski definition) is 0. The number of aryl methyl sites for hydroxylation is 1. The van der Waals surface area contributed by atoms with Crippen molar-refractivity contribution in [2.24, 2.45) is 0 Å². The molecule has 0 aliphatic rings. The Morgan fingerprint density at radius 1 is 1.30 bits per heavy atom. The number of hydrogen-bond acceptors (Lipinski definition) is 5. The zero-order chi connectivity index (χ0) is 17.0. The number of benzene rings is 1. The molecule has 0 N–H and O–H groups in total. The lowest BCUT2D eigenvalue weighted by atomic mass is 10.1. The molecule has 0 radical (unpaired) electrons. The van der Waals surface area contributed by atoms with Gasteiger partial charge in [0.2, 0.25) is 0 Å². The highest BCUT2D eigenvalue weighted by molar-refractivity contribution is 14.1. The Bertz CT molecular complexity index is 703. The van der Waals surface area contributed by atoms with Crippen LogP contribution in [0.4, 0.5) is 0 Å². The van der Waals surface area contributed by atoms with Crippen LogP contribution in [0.3, 0.4) is 0 Å². The highest BCUT2D eigenvalue weighted by Crippen LogP contribution is 2.32. The molecule has 7 heteroatoms. The van der Waals surface area contributed by atoms with Gasteiger partial charge in [-0.25, -0.2) is 4.98 Å². The summed E-state index contributed by atoms with van der Waals surface area (Å²) in [4.78, 5) is 18.9. The van der Waals surface area contributed by atoms with Crippen LogP contribution in [0, 0.1) is 3.57 Å².